The minimum Gasteiger partial charge on any atom is -0.496 e. The zero-order chi connectivity index (χ0) is 29.9. The molecule has 2 N–H and O–H groups in total. The number of nitrogens with one attached hydrogen (secondary N) is 2. The summed E-state index contributed by atoms with van der Waals surface area (Å²) in [7, 11) is 3.78. The normalized spacial score (nSPS) is 22.2. The molecule has 2 amide bonds. The molecule has 9 nitrogen and oxygen atoms in total. The summed E-state index contributed by atoms with van der Waals surface area (Å²) in [6.07, 6.45) is 5.76. The number of rotatable bonds is 7. The first-order valence-electron chi connectivity index (χ1n) is 15.4. The van der Waals surface area contributed by atoms with Crippen molar-refractivity contribution in [3.05, 3.63) is 77.5 Å². The minimum absolute atomic E-state index is 0.0472. The van der Waals surface area contributed by atoms with Crippen LogP contribution in [0.3, 0.4) is 0 Å². The van der Waals surface area contributed by atoms with E-state index in [0.717, 1.165) is 81.2 Å². The molecule has 1 aromatic heterocycles. The number of likely N-dealkylation sites (N-methyl/N-ethyl adjacent to an activating group) is 1. The standard InChI is InChI=1S/C34H42N6O3/c1-23-29(7-4-8-31(23)43-3)34(42)37-27-20-24-6-5-15-40(30(24)21-27)32-14-9-25(22-35-32)33(41)36-26-10-12-28(13-11-26)39-18-16-38(2)17-19-39/h4,7-14,22,24,27,30H,5-6,15-21H2,1-3H3,(H,36,41)(H,37,42). The van der Waals surface area contributed by atoms with Crippen molar-refractivity contribution >= 4 is 29.0 Å². The van der Waals surface area contributed by atoms with Crippen molar-refractivity contribution in [3.63, 3.8) is 0 Å². The van der Waals surface area contributed by atoms with Crippen molar-refractivity contribution < 1.29 is 14.3 Å². The molecule has 1 aliphatic carbocycles. The minimum atomic E-state index is -0.167. The fourth-order valence-electron chi connectivity index (χ4n) is 6.95. The number of benzene rings is 2. The van der Waals surface area contributed by atoms with Gasteiger partial charge in [-0.25, -0.2) is 4.98 Å². The van der Waals surface area contributed by atoms with Gasteiger partial charge in [-0.1, -0.05) is 6.07 Å². The van der Waals surface area contributed by atoms with Crippen molar-refractivity contribution in [2.24, 2.45) is 5.92 Å². The van der Waals surface area contributed by atoms with Gasteiger partial charge in [0.15, 0.2) is 0 Å². The first kappa shape index (κ1) is 29.0. The van der Waals surface area contributed by atoms with E-state index in [1.807, 2.05) is 49.4 Å². The quantitative estimate of drug-likeness (QED) is 0.422. The van der Waals surface area contributed by atoms with Crippen LogP contribution in [0.1, 0.15) is 52.0 Å². The summed E-state index contributed by atoms with van der Waals surface area (Å²) < 4.78 is 5.41. The fraction of sp³-hybridized carbons (Fsp3) is 0.441. The number of fused-ring (bicyclic) bond motifs is 1. The second-order valence-corrected chi connectivity index (χ2v) is 12.1. The van der Waals surface area contributed by atoms with Crippen LogP contribution in [0.2, 0.25) is 0 Å². The number of hydrogen-bond acceptors (Lipinski definition) is 7. The number of aromatic nitrogens is 1. The molecule has 0 radical (unpaired) electrons. The number of amides is 2. The van der Waals surface area contributed by atoms with E-state index in [4.69, 9.17) is 9.72 Å². The van der Waals surface area contributed by atoms with Gasteiger partial charge in [-0.3, -0.25) is 9.59 Å². The molecule has 0 bridgehead atoms. The zero-order valence-electron chi connectivity index (χ0n) is 25.4. The lowest BCUT2D eigenvalue weighted by molar-refractivity contribution is 0.0935. The SMILES string of the molecule is COc1cccc(C(=O)NC2CC3CCCN(c4ccc(C(=O)Nc5ccc(N6CCN(C)CC6)cc5)cn4)C3C2)c1C. The molecule has 0 spiro atoms. The lowest BCUT2D eigenvalue weighted by atomic mass is 9.92. The molecule has 2 aromatic carbocycles. The maximum atomic E-state index is 13.1. The van der Waals surface area contributed by atoms with E-state index in [1.54, 1.807) is 13.3 Å². The van der Waals surface area contributed by atoms with Crippen LogP contribution in [0, 0.1) is 12.8 Å². The van der Waals surface area contributed by atoms with Crippen LogP contribution in [0.5, 0.6) is 5.75 Å². The first-order chi connectivity index (χ1) is 20.9. The molecule has 3 aromatic rings. The Morgan fingerprint density at radius 2 is 1.72 bits per heavy atom. The van der Waals surface area contributed by atoms with Gasteiger partial charge in [0.05, 0.1) is 12.7 Å². The number of carbonyl (C=O) groups is 2. The van der Waals surface area contributed by atoms with Crippen molar-refractivity contribution in [1.29, 1.82) is 0 Å². The molecule has 43 heavy (non-hydrogen) atoms. The number of ether oxygens (including phenoxy) is 1. The topological polar surface area (TPSA) is 90.0 Å². The van der Waals surface area contributed by atoms with Crippen LogP contribution in [-0.2, 0) is 0 Å². The molecule has 3 unspecified atom stereocenters. The molecule has 6 rings (SSSR count). The van der Waals surface area contributed by atoms with Crippen LogP contribution in [0.15, 0.2) is 60.8 Å². The second-order valence-electron chi connectivity index (χ2n) is 12.1. The van der Waals surface area contributed by atoms with Gasteiger partial charge >= 0.3 is 0 Å². The van der Waals surface area contributed by atoms with Crippen LogP contribution >= 0.6 is 0 Å². The highest BCUT2D eigenvalue weighted by atomic mass is 16.5. The van der Waals surface area contributed by atoms with Crippen molar-refractivity contribution in [2.45, 2.75) is 44.7 Å². The van der Waals surface area contributed by atoms with Crippen LogP contribution in [-0.4, -0.2) is 80.7 Å². The molecule has 226 valence electrons. The Balaban J connectivity index is 1.06. The number of methoxy groups -OCH3 is 1. The molecule has 2 saturated heterocycles. The van der Waals surface area contributed by atoms with Gasteiger partial charge in [-0.15, -0.1) is 0 Å². The number of pyridine rings is 1. The van der Waals surface area contributed by atoms with E-state index < -0.39 is 0 Å². The van der Waals surface area contributed by atoms with Crippen molar-refractivity contribution in [2.75, 3.05) is 62.0 Å². The summed E-state index contributed by atoms with van der Waals surface area (Å²) in [5.41, 5.74) is 4.00. The Kier molecular flexibility index (Phi) is 8.51. The molecule has 3 fully saturated rings. The summed E-state index contributed by atoms with van der Waals surface area (Å²) >= 11 is 0. The zero-order valence-corrected chi connectivity index (χ0v) is 25.4. The number of nitrogens with zero attached hydrogens (tertiary/aromatic N) is 4. The average molecular weight is 583 g/mol. The highest BCUT2D eigenvalue weighted by molar-refractivity contribution is 6.04. The van der Waals surface area contributed by atoms with Gasteiger partial charge in [-0.2, -0.15) is 0 Å². The summed E-state index contributed by atoms with van der Waals surface area (Å²) in [6, 6.07) is 17.9. The van der Waals surface area contributed by atoms with Gasteiger partial charge in [-0.05, 0) is 94.1 Å². The van der Waals surface area contributed by atoms with Gasteiger partial charge in [0.1, 0.15) is 11.6 Å². The summed E-state index contributed by atoms with van der Waals surface area (Å²) in [4.78, 5) is 38.0. The van der Waals surface area contributed by atoms with Crippen molar-refractivity contribution in [3.8, 4) is 5.75 Å². The number of piperidine rings is 1. The first-order valence-corrected chi connectivity index (χ1v) is 15.4. The summed E-state index contributed by atoms with van der Waals surface area (Å²) in [5, 5.41) is 6.30. The summed E-state index contributed by atoms with van der Waals surface area (Å²) in [5.74, 6) is 1.90. The Bertz CT molecular complexity index is 1440. The number of anilines is 3. The number of piperazine rings is 1. The van der Waals surface area contributed by atoms with E-state index in [0.29, 0.717) is 23.1 Å². The second kappa shape index (κ2) is 12.6. The van der Waals surface area contributed by atoms with E-state index in [1.165, 1.54) is 5.69 Å². The summed E-state index contributed by atoms with van der Waals surface area (Å²) in [6.45, 7) is 6.98. The largest absolute Gasteiger partial charge is 0.496 e. The predicted octanol–water partition coefficient (Wildman–Crippen LogP) is 4.58. The van der Waals surface area contributed by atoms with E-state index in [9.17, 15) is 9.59 Å². The highest BCUT2D eigenvalue weighted by Gasteiger charge is 2.41. The van der Waals surface area contributed by atoms with Crippen LogP contribution < -0.4 is 25.2 Å². The van der Waals surface area contributed by atoms with Crippen LogP contribution in [0.4, 0.5) is 17.2 Å². The van der Waals surface area contributed by atoms with Crippen molar-refractivity contribution in [1.82, 2.24) is 15.2 Å². The Morgan fingerprint density at radius 3 is 2.44 bits per heavy atom. The average Bonchev–Trinajstić information content (AvgIpc) is 3.44. The molecule has 9 heteroatoms. The maximum Gasteiger partial charge on any atom is 0.257 e. The molecule has 3 atom stereocenters. The Labute approximate surface area is 254 Å². The van der Waals surface area contributed by atoms with Gasteiger partial charge in [0.2, 0.25) is 0 Å². The van der Waals surface area contributed by atoms with E-state index in [-0.39, 0.29) is 17.9 Å². The lowest BCUT2D eigenvalue weighted by Gasteiger charge is -2.38. The third-order valence-corrected chi connectivity index (χ3v) is 9.41. The Hall–Kier alpha value is -4.11. The highest BCUT2D eigenvalue weighted by Crippen LogP contribution is 2.39. The molecular formula is C34H42N6O3. The molecule has 3 heterocycles. The molecule has 3 aliphatic rings. The Morgan fingerprint density at radius 1 is 0.930 bits per heavy atom. The maximum absolute atomic E-state index is 13.1. The van der Waals surface area contributed by atoms with Gasteiger partial charge in [0.25, 0.3) is 11.8 Å². The number of carbonyl (C=O) groups excluding carboxylic acids is 2. The van der Waals surface area contributed by atoms with E-state index >= 15 is 0 Å². The third kappa shape index (κ3) is 6.32. The molecule has 1 saturated carbocycles. The number of hydrogen-bond donors (Lipinski definition) is 2. The van der Waals surface area contributed by atoms with E-state index in [2.05, 4.69) is 44.5 Å². The predicted molar refractivity (Wildman–Crippen MR) is 170 cm³/mol. The molecule has 2 aliphatic heterocycles. The van der Waals surface area contributed by atoms with Gasteiger partial charge in [0, 0.05) is 73.5 Å². The van der Waals surface area contributed by atoms with Gasteiger partial charge < -0.3 is 30.1 Å². The monoisotopic (exact) mass is 582 g/mol. The fourth-order valence-corrected chi connectivity index (χ4v) is 6.95. The third-order valence-electron chi connectivity index (χ3n) is 9.41. The smallest absolute Gasteiger partial charge is 0.257 e. The lowest BCUT2D eigenvalue weighted by Crippen LogP contribution is -2.44. The van der Waals surface area contributed by atoms with Crippen LogP contribution in [0.25, 0.3) is 0 Å². The molecular weight excluding hydrogens is 540 g/mol.